The Morgan fingerprint density at radius 3 is 2.55 bits per heavy atom. The molecule has 0 bridgehead atoms. The van der Waals surface area contributed by atoms with Crippen molar-refractivity contribution in [1.82, 2.24) is 5.01 Å². The molecule has 0 saturated carbocycles. The standard InChI is InChI=1S/C17H14BrFN2O/c1-11(22)21-17(14-4-2-3-5-15(14)19)10-16(20-21)12-6-8-13(18)9-7-12/h2-9,17H,10H2,1H3/t17-/m0/s1. The minimum atomic E-state index is -0.391. The van der Waals surface area contributed by atoms with Gasteiger partial charge < -0.3 is 0 Å². The van der Waals surface area contributed by atoms with Crippen molar-refractivity contribution < 1.29 is 9.18 Å². The van der Waals surface area contributed by atoms with Crippen LogP contribution in [0, 0.1) is 5.82 Å². The van der Waals surface area contributed by atoms with Gasteiger partial charge in [-0.3, -0.25) is 4.79 Å². The van der Waals surface area contributed by atoms with Crippen molar-refractivity contribution in [1.29, 1.82) is 0 Å². The van der Waals surface area contributed by atoms with Crippen LogP contribution in [0.1, 0.15) is 30.5 Å². The van der Waals surface area contributed by atoms with Crippen LogP contribution < -0.4 is 0 Å². The van der Waals surface area contributed by atoms with E-state index >= 15 is 0 Å². The summed E-state index contributed by atoms with van der Waals surface area (Å²) < 4.78 is 15.0. The lowest BCUT2D eigenvalue weighted by atomic mass is 9.98. The van der Waals surface area contributed by atoms with Crippen LogP contribution in [0.3, 0.4) is 0 Å². The van der Waals surface area contributed by atoms with E-state index in [4.69, 9.17) is 0 Å². The fourth-order valence-corrected chi connectivity index (χ4v) is 2.87. The molecular formula is C17H14BrFN2O. The first-order valence-electron chi connectivity index (χ1n) is 6.94. The predicted molar refractivity (Wildman–Crippen MR) is 87.0 cm³/mol. The van der Waals surface area contributed by atoms with Gasteiger partial charge in [0.05, 0.1) is 11.8 Å². The third-order valence-electron chi connectivity index (χ3n) is 3.67. The number of halogens is 2. The summed E-state index contributed by atoms with van der Waals surface area (Å²) in [5.74, 6) is -0.508. The largest absolute Gasteiger partial charge is 0.273 e. The SMILES string of the molecule is CC(=O)N1N=C(c2ccc(Br)cc2)C[C@H]1c1ccccc1F. The average Bonchev–Trinajstić information content (AvgIpc) is 2.93. The van der Waals surface area contributed by atoms with Crippen molar-refractivity contribution in [2.75, 3.05) is 0 Å². The van der Waals surface area contributed by atoms with E-state index in [1.807, 2.05) is 24.3 Å². The van der Waals surface area contributed by atoms with Gasteiger partial charge in [0.15, 0.2) is 0 Å². The second-order valence-corrected chi connectivity index (χ2v) is 6.07. The van der Waals surface area contributed by atoms with E-state index in [9.17, 15) is 9.18 Å². The van der Waals surface area contributed by atoms with Crippen molar-refractivity contribution in [3.05, 3.63) is 69.9 Å². The summed E-state index contributed by atoms with van der Waals surface area (Å²) in [4.78, 5) is 11.9. The summed E-state index contributed by atoms with van der Waals surface area (Å²) in [6, 6.07) is 13.9. The van der Waals surface area contributed by atoms with E-state index in [-0.39, 0.29) is 11.7 Å². The van der Waals surface area contributed by atoms with E-state index in [1.165, 1.54) is 18.0 Å². The Kier molecular flexibility index (Phi) is 4.07. The monoisotopic (exact) mass is 360 g/mol. The highest BCUT2D eigenvalue weighted by molar-refractivity contribution is 9.10. The molecule has 1 aliphatic rings. The van der Waals surface area contributed by atoms with Crippen LogP contribution >= 0.6 is 15.9 Å². The Morgan fingerprint density at radius 2 is 1.91 bits per heavy atom. The van der Waals surface area contributed by atoms with Gasteiger partial charge in [0, 0.05) is 23.4 Å². The molecule has 0 spiro atoms. The third kappa shape index (κ3) is 2.81. The van der Waals surface area contributed by atoms with E-state index in [0.717, 1.165) is 15.7 Å². The number of hydrogen-bond donors (Lipinski definition) is 0. The number of hydrazone groups is 1. The molecule has 1 heterocycles. The van der Waals surface area contributed by atoms with Crippen LogP contribution in [-0.4, -0.2) is 16.6 Å². The van der Waals surface area contributed by atoms with Crippen LogP contribution in [-0.2, 0) is 4.79 Å². The molecule has 22 heavy (non-hydrogen) atoms. The van der Waals surface area contributed by atoms with E-state index in [2.05, 4.69) is 21.0 Å². The second-order valence-electron chi connectivity index (χ2n) is 5.16. The quantitative estimate of drug-likeness (QED) is 0.786. The Balaban J connectivity index is 1.96. The van der Waals surface area contributed by atoms with Gasteiger partial charge in [-0.05, 0) is 23.8 Å². The van der Waals surface area contributed by atoms with Gasteiger partial charge >= 0.3 is 0 Å². The highest BCUT2D eigenvalue weighted by atomic mass is 79.9. The zero-order valence-corrected chi connectivity index (χ0v) is 13.5. The van der Waals surface area contributed by atoms with Crippen molar-refractivity contribution in [2.45, 2.75) is 19.4 Å². The summed E-state index contributed by atoms with van der Waals surface area (Å²) in [6.07, 6.45) is 0.502. The first-order chi connectivity index (χ1) is 10.6. The molecule has 3 nitrogen and oxygen atoms in total. The lowest BCUT2D eigenvalue weighted by Gasteiger charge is -2.20. The second kappa shape index (κ2) is 6.01. The number of benzene rings is 2. The summed E-state index contributed by atoms with van der Waals surface area (Å²) in [6.45, 7) is 1.45. The van der Waals surface area contributed by atoms with Gasteiger partial charge in [-0.15, -0.1) is 0 Å². The molecule has 0 saturated heterocycles. The zero-order chi connectivity index (χ0) is 15.7. The first kappa shape index (κ1) is 14.9. The number of nitrogens with zero attached hydrogens (tertiary/aromatic N) is 2. The van der Waals surface area contributed by atoms with Crippen LogP contribution in [0.2, 0.25) is 0 Å². The smallest absolute Gasteiger partial charge is 0.240 e. The maximum Gasteiger partial charge on any atom is 0.240 e. The fraction of sp³-hybridized carbons (Fsp3) is 0.176. The zero-order valence-electron chi connectivity index (χ0n) is 12.0. The van der Waals surface area contributed by atoms with Gasteiger partial charge in [0.1, 0.15) is 5.82 Å². The van der Waals surface area contributed by atoms with Crippen molar-refractivity contribution >= 4 is 27.5 Å². The Labute approximate surface area is 136 Å². The molecule has 1 aliphatic heterocycles. The minimum Gasteiger partial charge on any atom is -0.273 e. The van der Waals surface area contributed by atoms with Gasteiger partial charge in [0.2, 0.25) is 5.91 Å². The minimum absolute atomic E-state index is 0.194. The van der Waals surface area contributed by atoms with Gasteiger partial charge in [-0.2, -0.15) is 5.10 Å². The summed E-state index contributed by atoms with van der Waals surface area (Å²) in [5.41, 5.74) is 2.22. The normalized spacial score (nSPS) is 17.5. The molecule has 2 aromatic rings. The lowest BCUT2D eigenvalue weighted by molar-refractivity contribution is -0.130. The summed E-state index contributed by atoms with van der Waals surface area (Å²) >= 11 is 3.39. The number of hydrogen-bond acceptors (Lipinski definition) is 2. The Morgan fingerprint density at radius 1 is 1.23 bits per heavy atom. The summed E-state index contributed by atoms with van der Waals surface area (Å²) in [5, 5.41) is 5.78. The molecular weight excluding hydrogens is 347 g/mol. The van der Waals surface area contributed by atoms with E-state index in [0.29, 0.717) is 12.0 Å². The maximum absolute atomic E-state index is 14.1. The van der Waals surface area contributed by atoms with Crippen LogP contribution in [0.15, 0.2) is 58.1 Å². The molecule has 0 aromatic heterocycles. The van der Waals surface area contributed by atoms with Crippen molar-refractivity contribution in [2.24, 2.45) is 5.10 Å². The predicted octanol–water partition coefficient (Wildman–Crippen LogP) is 4.29. The molecule has 0 aliphatic carbocycles. The van der Waals surface area contributed by atoms with Crippen LogP contribution in [0.25, 0.3) is 0 Å². The lowest BCUT2D eigenvalue weighted by Crippen LogP contribution is -2.25. The molecule has 1 amide bonds. The Bertz CT molecular complexity index is 743. The molecule has 0 N–H and O–H groups in total. The summed E-state index contributed by atoms with van der Waals surface area (Å²) in [7, 11) is 0. The number of carbonyl (C=O) groups excluding carboxylic acids is 1. The fourth-order valence-electron chi connectivity index (χ4n) is 2.60. The molecule has 0 radical (unpaired) electrons. The molecule has 3 rings (SSSR count). The molecule has 112 valence electrons. The van der Waals surface area contributed by atoms with E-state index < -0.39 is 6.04 Å². The number of rotatable bonds is 2. The van der Waals surface area contributed by atoms with Crippen molar-refractivity contribution in [3.63, 3.8) is 0 Å². The van der Waals surface area contributed by atoms with E-state index in [1.54, 1.807) is 18.2 Å². The number of carbonyl (C=O) groups is 1. The molecule has 0 unspecified atom stereocenters. The van der Waals surface area contributed by atoms with Crippen LogP contribution in [0.4, 0.5) is 4.39 Å². The van der Waals surface area contributed by atoms with Gasteiger partial charge in [-0.1, -0.05) is 46.3 Å². The van der Waals surface area contributed by atoms with Crippen LogP contribution in [0.5, 0.6) is 0 Å². The van der Waals surface area contributed by atoms with Gasteiger partial charge in [0.25, 0.3) is 0 Å². The Hall–Kier alpha value is -2.01. The third-order valence-corrected chi connectivity index (χ3v) is 4.20. The van der Waals surface area contributed by atoms with Gasteiger partial charge in [-0.25, -0.2) is 9.40 Å². The first-order valence-corrected chi connectivity index (χ1v) is 7.73. The number of amides is 1. The topological polar surface area (TPSA) is 32.7 Å². The maximum atomic E-state index is 14.1. The van der Waals surface area contributed by atoms with Crippen molar-refractivity contribution in [3.8, 4) is 0 Å². The molecule has 2 aromatic carbocycles. The average molecular weight is 361 g/mol. The highest BCUT2D eigenvalue weighted by Crippen LogP contribution is 2.34. The molecule has 1 atom stereocenters. The highest BCUT2D eigenvalue weighted by Gasteiger charge is 2.32. The molecule has 5 heteroatoms. The molecule has 0 fully saturated rings.